The molecule has 0 unspecified atom stereocenters. The van der Waals surface area contributed by atoms with Gasteiger partial charge in [0.05, 0.1) is 6.54 Å². The Labute approximate surface area is 208 Å². The summed E-state index contributed by atoms with van der Waals surface area (Å²) in [5, 5.41) is 10.0. The molecule has 0 radical (unpaired) electrons. The first-order valence-corrected chi connectivity index (χ1v) is 11.7. The average molecular weight is 499 g/mol. The first-order valence-electron chi connectivity index (χ1n) is 11.7. The zero-order valence-electron chi connectivity index (χ0n) is 22.0. The summed E-state index contributed by atoms with van der Waals surface area (Å²) in [6.07, 6.45) is 1.34. The minimum atomic E-state index is -0.905. The molecule has 0 aromatic carbocycles. The molecule has 11 nitrogen and oxygen atoms in total. The van der Waals surface area contributed by atoms with Gasteiger partial charge in [0, 0.05) is 0 Å². The lowest BCUT2D eigenvalue weighted by atomic mass is 10.0. The number of amides is 4. The van der Waals surface area contributed by atoms with Crippen molar-refractivity contribution in [3.8, 4) is 0 Å². The van der Waals surface area contributed by atoms with Gasteiger partial charge in [0.2, 0.25) is 17.7 Å². The van der Waals surface area contributed by atoms with Crippen molar-refractivity contribution >= 4 is 29.8 Å². The molecule has 200 valence electrons. The Morgan fingerprint density at radius 1 is 0.829 bits per heavy atom. The van der Waals surface area contributed by atoms with E-state index in [1.54, 1.807) is 20.8 Å². The van der Waals surface area contributed by atoms with Crippen LogP contribution in [0.2, 0.25) is 0 Å². The van der Waals surface area contributed by atoms with Crippen molar-refractivity contribution in [1.29, 1.82) is 0 Å². The Balaban J connectivity index is 4.96. The number of nitrogens with one attached hydrogen (secondary N) is 4. The van der Waals surface area contributed by atoms with Crippen LogP contribution in [-0.4, -0.2) is 67.2 Å². The standard InChI is InChI=1S/C24H42N4O7/c1-9-10-34-20(30)14-26-21(31)17(11-15(2)3)27-19(29)13-25-22(32)18(12-16(4)5)28-23(33)35-24(6,7)8/h9,15-18H,1,10-14H2,2-8H3,(H,25,32)(H,26,31)(H,27,29)(H,28,33)/t17-,18-/m0/s1. The second-order valence-corrected chi connectivity index (χ2v) is 9.99. The average Bonchev–Trinajstić information content (AvgIpc) is 2.71. The van der Waals surface area contributed by atoms with Gasteiger partial charge in [0.15, 0.2) is 0 Å². The van der Waals surface area contributed by atoms with E-state index in [4.69, 9.17) is 9.47 Å². The first-order chi connectivity index (χ1) is 16.1. The summed E-state index contributed by atoms with van der Waals surface area (Å²) in [5.41, 5.74) is -0.725. The Kier molecular flexibility index (Phi) is 14.3. The van der Waals surface area contributed by atoms with Crippen LogP contribution in [0.3, 0.4) is 0 Å². The van der Waals surface area contributed by atoms with E-state index in [1.807, 2.05) is 27.7 Å². The van der Waals surface area contributed by atoms with Gasteiger partial charge in [-0.25, -0.2) is 4.79 Å². The summed E-state index contributed by atoms with van der Waals surface area (Å²) in [6, 6.07) is -1.80. The minimum Gasteiger partial charge on any atom is -0.460 e. The third-order valence-electron chi connectivity index (χ3n) is 4.27. The van der Waals surface area contributed by atoms with Crippen LogP contribution in [0.1, 0.15) is 61.3 Å². The third kappa shape index (κ3) is 16.2. The molecule has 4 amide bonds. The zero-order chi connectivity index (χ0) is 27.2. The first kappa shape index (κ1) is 31.9. The number of esters is 1. The lowest BCUT2D eigenvalue weighted by Crippen LogP contribution is -2.53. The summed E-state index contributed by atoms with van der Waals surface area (Å²) in [4.78, 5) is 61.3. The van der Waals surface area contributed by atoms with Gasteiger partial charge >= 0.3 is 12.1 Å². The zero-order valence-corrected chi connectivity index (χ0v) is 22.0. The summed E-state index contributed by atoms with van der Waals surface area (Å²) in [7, 11) is 0. The van der Waals surface area contributed by atoms with Gasteiger partial charge in [-0.2, -0.15) is 0 Å². The van der Waals surface area contributed by atoms with E-state index in [2.05, 4.69) is 27.8 Å². The molecule has 2 atom stereocenters. The Bertz CT molecular complexity index is 745. The molecule has 35 heavy (non-hydrogen) atoms. The molecule has 0 bridgehead atoms. The monoisotopic (exact) mass is 498 g/mol. The summed E-state index contributed by atoms with van der Waals surface area (Å²) < 4.78 is 10.0. The minimum absolute atomic E-state index is 0.0289. The molecular formula is C24H42N4O7. The maximum absolute atomic E-state index is 12.6. The summed E-state index contributed by atoms with van der Waals surface area (Å²) >= 11 is 0. The van der Waals surface area contributed by atoms with Crippen LogP contribution in [0, 0.1) is 11.8 Å². The van der Waals surface area contributed by atoms with Gasteiger partial charge < -0.3 is 30.7 Å². The summed E-state index contributed by atoms with van der Waals surface area (Å²) in [5.74, 6) is -2.15. The largest absolute Gasteiger partial charge is 0.460 e. The van der Waals surface area contributed by atoms with Crippen molar-refractivity contribution in [3.63, 3.8) is 0 Å². The molecule has 0 saturated heterocycles. The van der Waals surface area contributed by atoms with E-state index in [1.165, 1.54) is 6.08 Å². The molecule has 0 aliphatic rings. The predicted molar refractivity (Wildman–Crippen MR) is 131 cm³/mol. The number of rotatable bonds is 14. The molecule has 0 rings (SSSR count). The van der Waals surface area contributed by atoms with Crippen molar-refractivity contribution < 1.29 is 33.4 Å². The van der Waals surface area contributed by atoms with Gasteiger partial charge in [-0.3, -0.25) is 19.2 Å². The maximum Gasteiger partial charge on any atom is 0.408 e. The number of carbonyl (C=O) groups is 5. The van der Waals surface area contributed by atoms with Crippen LogP contribution in [0.4, 0.5) is 4.79 Å². The van der Waals surface area contributed by atoms with E-state index >= 15 is 0 Å². The van der Waals surface area contributed by atoms with Crippen LogP contribution in [0.25, 0.3) is 0 Å². The number of alkyl carbamates (subject to hydrolysis) is 1. The third-order valence-corrected chi connectivity index (χ3v) is 4.27. The molecule has 0 fully saturated rings. The van der Waals surface area contributed by atoms with Gasteiger partial charge in [0.1, 0.15) is 30.8 Å². The molecular weight excluding hydrogens is 456 g/mol. The molecule has 4 N–H and O–H groups in total. The molecule has 0 aliphatic heterocycles. The molecule has 0 spiro atoms. The molecule has 0 saturated carbocycles. The highest BCUT2D eigenvalue weighted by Gasteiger charge is 2.27. The van der Waals surface area contributed by atoms with Gasteiger partial charge in [0.25, 0.3) is 0 Å². The van der Waals surface area contributed by atoms with Gasteiger partial charge in [-0.1, -0.05) is 40.3 Å². The highest BCUT2D eigenvalue weighted by Crippen LogP contribution is 2.10. The van der Waals surface area contributed by atoms with Crippen LogP contribution in [0.5, 0.6) is 0 Å². The van der Waals surface area contributed by atoms with Crippen molar-refractivity contribution in [3.05, 3.63) is 12.7 Å². The SMILES string of the molecule is C=CCOC(=O)CNC(=O)[C@H](CC(C)C)NC(=O)CNC(=O)[C@H](CC(C)C)NC(=O)OC(C)(C)C. The number of hydrogen-bond donors (Lipinski definition) is 4. The highest BCUT2D eigenvalue weighted by molar-refractivity contribution is 5.92. The Morgan fingerprint density at radius 2 is 1.31 bits per heavy atom. The van der Waals surface area contributed by atoms with Crippen LogP contribution < -0.4 is 21.3 Å². The Morgan fingerprint density at radius 3 is 1.77 bits per heavy atom. The van der Waals surface area contributed by atoms with Crippen molar-refractivity contribution in [2.24, 2.45) is 11.8 Å². The summed E-state index contributed by atoms with van der Waals surface area (Å²) in [6.45, 7) is 15.4. The second kappa shape index (κ2) is 15.7. The fourth-order valence-electron chi connectivity index (χ4n) is 2.88. The van der Waals surface area contributed by atoms with Crippen LogP contribution in [0.15, 0.2) is 12.7 Å². The van der Waals surface area contributed by atoms with Crippen LogP contribution in [-0.2, 0) is 28.7 Å². The molecule has 0 heterocycles. The van der Waals surface area contributed by atoms with E-state index in [-0.39, 0.29) is 25.0 Å². The lowest BCUT2D eigenvalue weighted by molar-refractivity contribution is -0.143. The van der Waals surface area contributed by atoms with Crippen molar-refractivity contribution in [2.45, 2.75) is 79.0 Å². The maximum atomic E-state index is 12.6. The van der Waals surface area contributed by atoms with E-state index in [0.29, 0.717) is 12.8 Å². The molecule has 11 heteroatoms. The number of hydrogen-bond acceptors (Lipinski definition) is 7. The van der Waals surface area contributed by atoms with Crippen molar-refractivity contribution in [1.82, 2.24) is 21.3 Å². The predicted octanol–water partition coefficient (Wildman–Crippen LogP) is 1.42. The van der Waals surface area contributed by atoms with E-state index in [0.717, 1.165) is 0 Å². The highest BCUT2D eigenvalue weighted by atomic mass is 16.6. The molecule has 0 aromatic heterocycles. The fraction of sp³-hybridized carbons (Fsp3) is 0.708. The lowest BCUT2D eigenvalue weighted by Gasteiger charge is -2.24. The van der Waals surface area contributed by atoms with Gasteiger partial charge in [-0.15, -0.1) is 0 Å². The number of ether oxygens (including phenoxy) is 2. The van der Waals surface area contributed by atoms with E-state index < -0.39 is 54.0 Å². The number of carbonyl (C=O) groups excluding carboxylic acids is 5. The normalized spacial score (nSPS) is 12.8. The second-order valence-electron chi connectivity index (χ2n) is 9.99. The van der Waals surface area contributed by atoms with Gasteiger partial charge in [-0.05, 0) is 45.4 Å². The smallest absolute Gasteiger partial charge is 0.408 e. The molecule has 0 aromatic rings. The quantitative estimate of drug-likeness (QED) is 0.209. The van der Waals surface area contributed by atoms with Crippen LogP contribution >= 0.6 is 0 Å². The molecule has 0 aliphatic carbocycles. The van der Waals surface area contributed by atoms with Crippen molar-refractivity contribution in [2.75, 3.05) is 19.7 Å². The Hall–Kier alpha value is -3.11. The van der Waals surface area contributed by atoms with E-state index in [9.17, 15) is 24.0 Å². The fourth-order valence-corrected chi connectivity index (χ4v) is 2.88. The topological polar surface area (TPSA) is 152 Å².